The molecule has 150 valence electrons. The van der Waals surface area contributed by atoms with Gasteiger partial charge < -0.3 is 9.47 Å². The summed E-state index contributed by atoms with van der Waals surface area (Å²) in [6, 6.07) is 3.14. The first-order valence-electron chi connectivity index (χ1n) is 10.9. The molecule has 1 aromatic carbocycles. The molecule has 1 aliphatic heterocycles. The van der Waals surface area contributed by atoms with Crippen LogP contribution >= 0.6 is 0 Å². The van der Waals surface area contributed by atoms with Crippen LogP contribution in [0.2, 0.25) is 0 Å². The van der Waals surface area contributed by atoms with Crippen molar-refractivity contribution >= 4 is 0 Å². The number of epoxide rings is 1. The fraction of sp³-hybridized carbons (Fsp3) is 0.739. The summed E-state index contributed by atoms with van der Waals surface area (Å²) in [5.41, 5.74) is 0.304. The molecular formula is C23H32F2O2. The average Bonchev–Trinajstić information content (AvgIpc) is 3.55. The fourth-order valence-electron chi connectivity index (χ4n) is 5.24. The van der Waals surface area contributed by atoms with Gasteiger partial charge in [-0.15, -0.1) is 0 Å². The van der Waals surface area contributed by atoms with Gasteiger partial charge in [-0.25, -0.2) is 4.39 Å². The van der Waals surface area contributed by atoms with E-state index >= 15 is 0 Å². The number of hydrogen-bond acceptors (Lipinski definition) is 2. The standard InChI is InChI=1S/C23H32F2O2/c1-2-15-3-7-17(8-4-15)18-9-5-16(6-10-18)13-26-20-12-11-19(21-14-27-21)22(24)23(20)25/h11-12,15-18,21H,2-10,13-14H2,1H3. The van der Waals surface area contributed by atoms with Crippen LogP contribution < -0.4 is 4.74 Å². The molecule has 0 amide bonds. The second kappa shape index (κ2) is 8.46. The maximum atomic E-state index is 14.2. The van der Waals surface area contributed by atoms with Gasteiger partial charge in [0.2, 0.25) is 5.82 Å². The lowest BCUT2D eigenvalue weighted by atomic mass is 9.69. The lowest BCUT2D eigenvalue weighted by Gasteiger charge is -2.37. The molecule has 0 bridgehead atoms. The highest BCUT2D eigenvalue weighted by atomic mass is 19.2. The molecular weight excluding hydrogens is 346 g/mol. The molecule has 3 aliphatic rings. The van der Waals surface area contributed by atoms with E-state index in [-0.39, 0.29) is 11.9 Å². The summed E-state index contributed by atoms with van der Waals surface area (Å²) in [6.07, 6.45) is 11.5. The van der Waals surface area contributed by atoms with Gasteiger partial charge in [0.25, 0.3) is 0 Å². The van der Waals surface area contributed by atoms with Crippen molar-refractivity contribution in [2.24, 2.45) is 23.7 Å². The first-order valence-corrected chi connectivity index (χ1v) is 10.9. The highest BCUT2D eigenvalue weighted by molar-refractivity contribution is 5.33. The predicted molar refractivity (Wildman–Crippen MR) is 102 cm³/mol. The summed E-state index contributed by atoms with van der Waals surface area (Å²) in [5, 5.41) is 0. The van der Waals surface area contributed by atoms with Crippen LogP contribution in [0, 0.1) is 35.3 Å². The Morgan fingerprint density at radius 2 is 1.48 bits per heavy atom. The Morgan fingerprint density at radius 3 is 2.04 bits per heavy atom. The number of rotatable bonds is 6. The molecule has 0 spiro atoms. The highest BCUT2D eigenvalue weighted by Crippen LogP contribution is 2.42. The van der Waals surface area contributed by atoms with Crippen LogP contribution in [-0.4, -0.2) is 13.2 Å². The van der Waals surface area contributed by atoms with Crippen LogP contribution in [0.4, 0.5) is 8.78 Å². The van der Waals surface area contributed by atoms with Crippen molar-refractivity contribution in [3.05, 3.63) is 29.3 Å². The molecule has 1 saturated heterocycles. The third-order valence-corrected chi connectivity index (χ3v) is 7.26. The molecule has 0 radical (unpaired) electrons. The monoisotopic (exact) mass is 378 g/mol. The zero-order chi connectivity index (χ0) is 18.8. The van der Waals surface area contributed by atoms with Gasteiger partial charge in [-0.2, -0.15) is 4.39 Å². The van der Waals surface area contributed by atoms with E-state index in [9.17, 15) is 8.78 Å². The molecule has 1 atom stereocenters. The van der Waals surface area contributed by atoms with Crippen LogP contribution in [0.25, 0.3) is 0 Å². The van der Waals surface area contributed by atoms with E-state index in [0.29, 0.717) is 24.7 Å². The number of ether oxygens (including phenoxy) is 2. The molecule has 2 aliphatic carbocycles. The topological polar surface area (TPSA) is 21.8 Å². The van der Waals surface area contributed by atoms with E-state index < -0.39 is 11.6 Å². The van der Waals surface area contributed by atoms with Crippen LogP contribution in [0.15, 0.2) is 12.1 Å². The second-order valence-electron chi connectivity index (χ2n) is 8.88. The van der Waals surface area contributed by atoms with Crippen LogP contribution in [0.3, 0.4) is 0 Å². The molecule has 0 N–H and O–H groups in total. The van der Waals surface area contributed by atoms with Gasteiger partial charge in [-0.3, -0.25) is 0 Å². The van der Waals surface area contributed by atoms with Crippen molar-refractivity contribution in [3.63, 3.8) is 0 Å². The van der Waals surface area contributed by atoms with Crippen LogP contribution in [0.5, 0.6) is 5.75 Å². The van der Waals surface area contributed by atoms with Gasteiger partial charge in [0.05, 0.1) is 13.2 Å². The maximum Gasteiger partial charge on any atom is 0.200 e. The Hall–Kier alpha value is -1.16. The zero-order valence-corrected chi connectivity index (χ0v) is 16.4. The zero-order valence-electron chi connectivity index (χ0n) is 16.4. The van der Waals surface area contributed by atoms with Crippen LogP contribution in [-0.2, 0) is 4.74 Å². The Kier molecular flexibility index (Phi) is 6.01. The van der Waals surface area contributed by atoms with E-state index in [4.69, 9.17) is 9.47 Å². The average molecular weight is 379 g/mol. The summed E-state index contributed by atoms with van der Waals surface area (Å²) in [4.78, 5) is 0. The molecule has 4 heteroatoms. The van der Waals surface area contributed by atoms with Crippen molar-refractivity contribution in [3.8, 4) is 5.75 Å². The predicted octanol–water partition coefficient (Wildman–Crippen LogP) is 6.44. The van der Waals surface area contributed by atoms with Gasteiger partial charge in [0.1, 0.15) is 6.10 Å². The van der Waals surface area contributed by atoms with E-state index in [2.05, 4.69) is 6.92 Å². The minimum atomic E-state index is -0.871. The van der Waals surface area contributed by atoms with Gasteiger partial charge in [0.15, 0.2) is 11.6 Å². The fourth-order valence-corrected chi connectivity index (χ4v) is 5.24. The lowest BCUT2D eigenvalue weighted by Crippen LogP contribution is -2.27. The maximum absolute atomic E-state index is 14.2. The second-order valence-corrected chi connectivity index (χ2v) is 8.88. The van der Waals surface area contributed by atoms with Gasteiger partial charge in [-0.1, -0.05) is 26.2 Å². The van der Waals surface area contributed by atoms with E-state index in [0.717, 1.165) is 30.6 Å². The summed E-state index contributed by atoms with van der Waals surface area (Å²) >= 11 is 0. The number of benzene rings is 1. The van der Waals surface area contributed by atoms with Crippen molar-refractivity contribution in [1.82, 2.24) is 0 Å². The largest absolute Gasteiger partial charge is 0.490 e. The minimum Gasteiger partial charge on any atom is -0.490 e. The van der Waals surface area contributed by atoms with Gasteiger partial charge >= 0.3 is 0 Å². The molecule has 2 nitrogen and oxygen atoms in total. The third-order valence-electron chi connectivity index (χ3n) is 7.26. The Bertz CT molecular complexity index is 628. The van der Waals surface area contributed by atoms with Gasteiger partial charge in [0, 0.05) is 5.56 Å². The summed E-state index contributed by atoms with van der Waals surface area (Å²) < 4.78 is 39.0. The molecule has 1 heterocycles. The SMILES string of the molecule is CCC1CCC(C2CCC(COc3ccc(C4CO4)c(F)c3F)CC2)CC1. The third kappa shape index (κ3) is 4.47. The molecule has 2 saturated carbocycles. The highest BCUT2D eigenvalue weighted by Gasteiger charge is 2.32. The minimum absolute atomic E-state index is 0.0388. The quantitative estimate of drug-likeness (QED) is 0.532. The first-order chi connectivity index (χ1) is 13.2. The first kappa shape index (κ1) is 19.2. The van der Waals surface area contributed by atoms with Crippen molar-refractivity contribution in [2.75, 3.05) is 13.2 Å². The summed E-state index contributed by atoms with van der Waals surface area (Å²) in [5.74, 6) is 1.55. The van der Waals surface area contributed by atoms with Gasteiger partial charge in [-0.05, 0) is 74.3 Å². The normalized spacial score (nSPS) is 33.7. The number of halogens is 2. The van der Waals surface area contributed by atoms with E-state index in [1.807, 2.05) is 0 Å². The Balaban J connectivity index is 1.24. The van der Waals surface area contributed by atoms with Crippen molar-refractivity contribution < 1.29 is 18.3 Å². The summed E-state index contributed by atoms with van der Waals surface area (Å²) in [7, 11) is 0. The molecule has 1 unspecified atom stereocenters. The van der Waals surface area contributed by atoms with Crippen LogP contribution in [0.1, 0.15) is 76.4 Å². The molecule has 0 aromatic heterocycles. The lowest BCUT2D eigenvalue weighted by molar-refractivity contribution is 0.121. The van der Waals surface area contributed by atoms with E-state index in [1.54, 1.807) is 12.1 Å². The summed E-state index contributed by atoms with van der Waals surface area (Å²) in [6.45, 7) is 3.28. The van der Waals surface area contributed by atoms with E-state index in [1.165, 1.54) is 44.9 Å². The number of hydrogen-bond donors (Lipinski definition) is 0. The smallest absolute Gasteiger partial charge is 0.200 e. The van der Waals surface area contributed by atoms with Crippen molar-refractivity contribution in [1.29, 1.82) is 0 Å². The Labute approximate surface area is 161 Å². The molecule has 3 fully saturated rings. The van der Waals surface area contributed by atoms with Crippen molar-refractivity contribution in [2.45, 2.75) is 70.8 Å². The molecule has 1 aromatic rings. The molecule has 4 rings (SSSR count). The Morgan fingerprint density at radius 1 is 0.889 bits per heavy atom. The molecule has 27 heavy (non-hydrogen) atoms.